The lowest BCUT2D eigenvalue weighted by molar-refractivity contribution is 0.281. The van der Waals surface area contributed by atoms with E-state index in [9.17, 15) is 0 Å². The summed E-state index contributed by atoms with van der Waals surface area (Å²) in [5.74, 6) is 1.66. The topological polar surface area (TPSA) is 29.5 Å². The van der Waals surface area contributed by atoms with Gasteiger partial charge in [0.2, 0.25) is 0 Å². The highest BCUT2D eigenvalue weighted by Gasteiger charge is 2.04. The van der Waals surface area contributed by atoms with Gasteiger partial charge >= 0.3 is 0 Å². The van der Waals surface area contributed by atoms with Crippen LogP contribution in [0.4, 0.5) is 0 Å². The summed E-state index contributed by atoms with van der Waals surface area (Å²) in [5, 5.41) is 9.14. The zero-order chi connectivity index (χ0) is 13.0. The van der Waals surface area contributed by atoms with Gasteiger partial charge in [-0.1, -0.05) is 18.2 Å². The molecule has 18 heavy (non-hydrogen) atoms. The van der Waals surface area contributed by atoms with Crippen molar-refractivity contribution < 1.29 is 9.84 Å². The molecule has 2 aromatic rings. The molecular formula is C15H16O2S. The third kappa shape index (κ3) is 2.86. The first-order valence-electron chi connectivity index (χ1n) is 5.76. The fraction of sp³-hybridized carbons (Fsp3) is 0.200. The minimum atomic E-state index is 0.0630. The number of thioether (sulfide) groups is 1. The lowest BCUT2D eigenvalue weighted by Gasteiger charge is -2.11. The lowest BCUT2D eigenvalue weighted by atomic mass is 10.1. The van der Waals surface area contributed by atoms with Crippen molar-refractivity contribution >= 4 is 11.8 Å². The third-order valence-corrected chi connectivity index (χ3v) is 3.56. The Bertz CT molecular complexity index is 538. The van der Waals surface area contributed by atoms with Gasteiger partial charge in [0.25, 0.3) is 0 Å². The molecule has 0 radical (unpaired) electrons. The van der Waals surface area contributed by atoms with Gasteiger partial charge in [-0.25, -0.2) is 0 Å². The van der Waals surface area contributed by atoms with Crippen molar-refractivity contribution in [2.24, 2.45) is 0 Å². The third-order valence-electron chi connectivity index (χ3n) is 2.78. The van der Waals surface area contributed by atoms with Gasteiger partial charge in [0.05, 0.1) is 6.61 Å². The Kier molecular flexibility index (Phi) is 4.28. The fourth-order valence-electron chi connectivity index (χ4n) is 1.74. The Labute approximate surface area is 112 Å². The van der Waals surface area contributed by atoms with Crippen molar-refractivity contribution in [1.82, 2.24) is 0 Å². The van der Waals surface area contributed by atoms with Crippen LogP contribution in [-0.4, -0.2) is 11.4 Å². The first-order chi connectivity index (χ1) is 8.74. The molecular weight excluding hydrogens is 244 g/mol. The van der Waals surface area contributed by atoms with Crippen LogP contribution >= 0.6 is 11.8 Å². The van der Waals surface area contributed by atoms with Crippen LogP contribution in [0.1, 0.15) is 11.1 Å². The van der Waals surface area contributed by atoms with Gasteiger partial charge in [-0.3, -0.25) is 0 Å². The van der Waals surface area contributed by atoms with Crippen LogP contribution in [0.3, 0.4) is 0 Å². The Balaban J connectivity index is 2.26. The van der Waals surface area contributed by atoms with Gasteiger partial charge in [0, 0.05) is 4.90 Å². The first-order valence-corrected chi connectivity index (χ1v) is 6.98. The second-order valence-corrected chi connectivity index (χ2v) is 4.85. The Morgan fingerprint density at radius 3 is 2.61 bits per heavy atom. The summed E-state index contributed by atoms with van der Waals surface area (Å²) >= 11 is 1.66. The highest BCUT2D eigenvalue weighted by atomic mass is 32.2. The van der Waals surface area contributed by atoms with Crippen molar-refractivity contribution in [3.8, 4) is 11.5 Å². The number of aryl methyl sites for hydroxylation is 1. The summed E-state index contributed by atoms with van der Waals surface area (Å²) in [5.41, 5.74) is 1.97. The number of aliphatic hydroxyl groups is 1. The number of rotatable bonds is 4. The minimum Gasteiger partial charge on any atom is -0.456 e. The molecule has 94 valence electrons. The van der Waals surface area contributed by atoms with E-state index in [0.717, 1.165) is 27.5 Å². The van der Waals surface area contributed by atoms with E-state index in [-0.39, 0.29) is 6.61 Å². The molecule has 0 atom stereocenters. The molecule has 0 bridgehead atoms. The van der Waals surface area contributed by atoms with Gasteiger partial charge < -0.3 is 9.84 Å². The predicted octanol–water partition coefficient (Wildman–Crippen LogP) is 4.00. The maximum atomic E-state index is 9.14. The van der Waals surface area contributed by atoms with Crippen molar-refractivity contribution in [1.29, 1.82) is 0 Å². The minimum absolute atomic E-state index is 0.0630. The van der Waals surface area contributed by atoms with Gasteiger partial charge in [-0.05, 0) is 48.6 Å². The van der Waals surface area contributed by atoms with Crippen molar-refractivity contribution in [3.63, 3.8) is 0 Å². The van der Waals surface area contributed by atoms with Crippen LogP contribution in [0.5, 0.6) is 11.5 Å². The Hall–Kier alpha value is -1.45. The number of aliphatic hydroxyl groups excluding tert-OH is 1. The summed E-state index contributed by atoms with van der Waals surface area (Å²) in [6.07, 6.45) is 2.03. The number of hydrogen-bond donors (Lipinski definition) is 1. The average molecular weight is 260 g/mol. The zero-order valence-corrected chi connectivity index (χ0v) is 11.3. The van der Waals surface area contributed by atoms with Crippen LogP contribution < -0.4 is 4.74 Å². The van der Waals surface area contributed by atoms with Gasteiger partial charge in [-0.15, -0.1) is 11.8 Å². The molecule has 0 aromatic heterocycles. The maximum absolute atomic E-state index is 9.14. The van der Waals surface area contributed by atoms with Crippen LogP contribution in [0, 0.1) is 6.92 Å². The van der Waals surface area contributed by atoms with E-state index in [1.807, 2.05) is 55.6 Å². The van der Waals surface area contributed by atoms with Crippen molar-refractivity contribution in [2.75, 3.05) is 6.26 Å². The second-order valence-electron chi connectivity index (χ2n) is 4.00. The Morgan fingerprint density at radius 2 is 1.94 bits per heavy atom. The predicted molar refractivity (Wildman–Crippen MR) is 75.4 cm³/mol. The maximum Gasteiger partial charge on any atom is 0.140 e. The monoisotopic (exact) mass is 260 g/mol. The standard InChI is InChI=1S/C15H16O2S/c1-11-9-13(8-7-12(11)10-16)17-14-5-3-4-6-15(14)18-2/h3-9,16H,10H2,1-2H3. The van der Waals surface area contributed by atoms with E-state index in [4.69, 9.17) is 9.84 Å². The van der Waals surface area contributed by atoms with Crippen molar-refractivity contribution in [3.05, 3.63) is 53.6 Å². The van der Waals surface area contributed by atoms with Crippen molar-refractivity contribution in [2.45, 2.75) is 18.4 Å². The quantitative estimate of drug-likeness (QED) is 0.842. The smallest absolute Gasteiger partial charge is 0.140 e. The number of ether oxygens (including phenoxy) is 1. The molecule has 0 spiro atoms. The number of benzene rings is 2. The molecule has 0 unspecified atom stereocenters. The van der Waals surface area contributed by atoms with Gasteiger partial charge in [-0.2, -0.15) is 0 Å². The molecule has 3 heteroatoms. The summed E-state index contributed by atoms with van der Waals surface area (Å²) < 4.78 is 5.88. The van der Waals surface area contributed by atoms with E-state index in [0.29, 0.717) is 0 Å². The van der Waals surface area contributed by atoms with E-state index >= 15 is 0 Å². The molecule has 1 N–H and O–H groups in total. The van der Waals surface area contributed by atoms with E-state index in [1.165, 1.54) is 0 Å². The van der Waals surface area contributed by atoms with Gasteiger partial charge in [0.15, 0.2) is 0 Å². The molecule has 0 saturated carbocycles. The molecule has 2 rings (SSSR count). The molecule has 0 aliphatic carbocycles. The largest absolute Gasteiger partial charge is 0.456 e. The van der Waals surface area contributed by atoms with E-state index in [2.05, 4.69) is 0 Å². The van der Waals surface area contributed by atoms with Gasteiger partial charge in [0.1, 0.15) is 11.5 Å². The molecule has 2 nitrogen and oxygen atoms in total. The molecule has 0 fully saturated rings. The second kappa shape index (κ2) is 5.94. The number of para-hydroxylation sites is 1. The molecule has 0 saturated heterocycles. The highest BCUT2D eigenvalue weighted by molar-refractivity contribution is 7.98. The summed E-state index contributed by atoms with van der Waals surface area (Å²) in [7, 11) is 0. The normalized spacial score (nSPS) is 10.4. The van der Waals surface area contributed by atoms with Crippen LogP contribution in [0.2, 0.25) is 0 Å². The Morgan fingerprint density at radius 1 is 1.17 bits per heavy atom. The first kappa shape index (κ1) is 13.0. The average Bonchev–Trinajstić information content (AvgIpc) is 2.39. The van der Waals surface area contributed by atoms with E-state index in [1.54, 1.807) is 11.8 Å². The molecule has 2 aromatic carbocycles. The fourth-order valence-corrected chi connectivity index (χ4v) is 2.26. The molecule has 0 aliphatic rings. The summed E-state index contributed by atoms with van der Waals surface area (Å²) in [4.78, 5) is 1.11. The number of hydrogen-bond acceptors (Lipinski definition) is 3. The zero-order valence-electron chi connectivity index (χ0n) is 10.5. The van der Waals surface area contributed by atoms with E-state index < -0.39 is 0 Å². The van der Waals surface area contributed by atoms with Crippen LogP contribution in [-0.2, 0) is 6.61 Å². The van der Waals surface area contributed by atoms with Crippen LogP contribution in [0.15, 0.2) is 47.4 Å². The van der Waals surface area contributed by atoms with Crippen LogP contribution in [0.25, 0.3) is 0 Å². The lowest BCUT2D eigenvalue weighted by Crippen LogP contribution is -1.91. The SMILES string of the molecule is CSc1ccccc1Oc1ccc(CO)c(C)c1. The summed E-state index contributed by atoms with van der Waals surface area (Å²) in [6.45, 7) is 2.03. The molecule has 0 aliphatic heterocycles. The molecule has 0 heterocycles. The molecule has 0 amide bonds. The summed E-state index contributed by atoms with van der Waals surface area (Å²) in [6, 6.07) is 13.7. The highest BCUT2D eigenvalue weighted by Crippen LogP contribution is 2.31.